The molecule has 1 aliphatic rings. The van der Waals surface area contributed by atoms with E-state index in [9.17, 15) is 0 Å². The monoisotopic (exact) mass is 1250 g/mol. The largest absolute Gasteiger partial charge is 0.310 e. The Balaban J connectivity index is 0.859. The molecule has 0 amide bonds. The van der Waals surface area contributed by atoms with Crippen LogP contribution in [-0.2, 0) is 0 Å². The summed E-state index contributed by atoms with van der Waals surface area (Å²) in [6, 6.07) is 103. The number of fused-ring (bicyclic) bond motifs is 3. The smallest absolute Gasteiger partial charge is 0.0468 e. The Labute approximate surface area is 570 Å². The lowest BCUT2D eigenvalue weighted by atomic mass is 9.90. The van der Waals surface area contributed by atoms with E-state index in [2.05, 4.69) is 353 Å². The van der Waals surface area contributed by atoms with Gasteiger partial charge in [-0.2, -0.15) is 0 Å². The molecule has 0 N–H and O–H groups in total. The molecule has 0 aliphatic heterocycles. The molecule has 0 fully saturated rings. The van der Waals surface area contributed by atoms with Crippen LogP contribution in [0.4, 0.5) is 68.2 Å². The van der Waals surface area contributed by atoms with Crippen molar-refractivity contribution in [3.8, 4) is 33.4 Å². The fourth-order valence-corrected chi connectivity index (χ4v) is 14.0. The molecular weight excluding hydrogens is 1160 g/mol. The van der Waals surface area contributed by atoms with Crippen molar-refractivity contribution in [3.05, 3.63) is 342 Å². The van der Waals surface area contributed by atoms with Crippen molar-refractivity contribution in [1.82, 2.24) is 0 Å². The van der Waals surface area contributed by atoms with Crippen molar-refractivity contribution in [2.75, 3.05) is 19.6 Å². The number of allylic oxidation sites excluding steroid dienone is 1. The second kappa shape index (κ2) is 29.1. The lowest BCUT2D eigenvalue weighted by Gasteiger charge is -2.27. The van der Waals surface area contributed by atoms with E-state index >= 15 is 0 Å². The molecule has 0 saturated carbocycles. The predicted octanol–water partition coefficient (Wildman–Crippen LogP) is 27.4. The van der Waals surface area contributed by atoms with E-state index in [1.165, 1.54) is 88.6 Å². The minimum Gasteiger partial charge on any atom is -0.310 e. The summed E-state index contributed by atoms with van der Waals surface area (Å²) in [7, 11) is 0. The summed E-state index contributed by atoms with van der Waals surface area (Å²) in [6.07, 6.45) is 13.1. The summed E-state index contributed by atoms with van der Waals surface area (Å²) >= 11 is 0. The van der Waals surface area contributed by atoms with Crippen molar-refractivity contribution in [2.45, 2.75) is 92.9 Å². The fourth-order valence-electron chi connectivity index (χ4n) is 14.0. The van der Waals surface area contributed by atoms with Crippen LogP contribution in [0.5, 0.6) is 0 Å². The molecule has 0 saturated heterocycles. The number of anilines is 12. The van der Waals surface area contributed by atoms with E-state index in [1.54, 1.807) is 5.57 Å². The number of nitrogens with zero attached hydrogens (tertiary/aromatic N) is 4. The van der Waals surface area contributed by atoms with Gasteiger partial charge in [-0.1, -0.05) is 204 Å². The highest BCUT2D eigenvalue weighted by Gasteiger charge is 2.30. The summed E-state index contributed by atoms with van der Waals surface area (Å²) < 4.78 is 0. The van der Waals surface area contributed by atoms with Crippen LogP contribution < -0.4 is 19.6 Å². The molecule has 474 valence electrons. The maximum atomic E-state index is 4.07. The molecule has 12 aromatic carbocycles. The number of unbranched alkanes of at least 4 members (excludes halogenated alkanes) is 4. The van der Waals surface area contributed by atoms with Crippen LogP contribution in [0, 0.1) is 27.7 Å². The summed E-state index contributed by atoms with van der Waals surface area (Å²) in [6.45, 7) is 21.5. The molecule has 96 heavy (non-hydrogen) atoms. The molecule has 0 spiro atoms. The number of hydrogen-bond acceptors (Lipinski definition) is 4. The quantitative estimate of drug-likeness (QED) is 0.0559. The van der Waals surface area contributed by atoms with Crippen LogP contribution in [-0.4, -0.2) is 0 Å². The highest BCUT2D eigenvalue weighted by atomic mass is 15.2. The molecule has 4 nitrogen and oxygen atoms in total. The Morgan fingerprint density at radius 2 is 0.531 bits per heavy atom. The van der Waals surface area contributed by atoms with E-state index in [4.69, 9.17) is 0 Å². The maximum absolute atomic E-state index is 4.07. The Morgan fingerprint density at radius 3 is 0.802 bits per heavy atom. The van der Waals surface area contributed by atoms with Crippen LogP contribution in [0.3, 0.4) is 0 Å². The van der Waals surface area contributed by atoms with Gasteiger partial charge < -0.3 is 19.6 Å². The first kappa shape index (κ1) is 63.8. The minimum absolute atomic E-state index is 1.08. The summed E-state index contributed by atoms with van der Waals surface area (Å²) in [5.74, 6) is 0. The molecule has 12 aromatic rings. The third-order valence-electron chi connectivity index (χ3n) is 18.8. The van der Waals surface area contributed by atoms with Crippen LogP contribution >= 0.6 is 0 Å². The van der Waals surface area contributed by atoms with Crippen molar-refractivity contribution >= 4 is 86.0 Å². The normalized spacial score (nSPS) is 11.4. The van der Waals surface area contributed by atoms with Gasteiger partial charge in [-0.3, -0.25) is 0 Å². The molecule has 0 radical (unpaired) electrons. The third kappa shape index (κ3) is 13.8. The number of benzene rings is 12. The lowest BCUT2D eigenvalue weighted by Crippen LogP contribution is -2.11. The van der Waals surface area contributed by atoms with Gasteiger partial charge in [-0.25, -0.2) is 0 Å². The first-order chi connectivity index (χ1) is 47.0. The second-order valence-electron chi connectivity index (χ2n) is 25.8. The van der Waals surface area contributed by atoms with Gasteiger partial charge in [0.05, 0.1) is 0 Å². The summed E-state index contributed by atoms with van der Waals surface area (Å²) in [5.41, 5.74) is 33.2. The van der Waals surface area contributed by atoms with Gasteiger partial charge in [0.15, 0.2) is 0 Å². The van der Waals surface area contributed by atoms with Gasteiger partial charge >= 0.3 is 0 Å². The third-order valence-corrected chi connectivity index (χ3v) is 18.8. The number of hydrogen-bond donors (Lipinski definition) is 0. The highest BCUT2D eigenvalue weighted by molar-refractivity contribution is 6.05. The minimum atomic E-state index is 1.08. The zero-order valence-electron chi connectivity index (χ0n) is 56.6. The molecule has 0 aromatic heterocycles. The van der Waals surface area contributed by atoms with Crippen molar-refractivity contribution in [1.29, 1.82) is 0 Å². The molecule has 1 aliphatic carbocycles. The molecule has 0 unspecified atom stereocenters. The zero-order chi connectivity index (χ0) is 66.1. The Kier molecular flexibility index (Phi) is 19.4. The molecule has 0 atom stereocenters. The van der Waals surface area contributed by atoms with Gasteiger partial charge in [0.2, 0.25) is 0 Å². The Morgan fingerprint density at radius 1 is 0.271 bits per heavy atom. The van der Waals surface area contributed by atoms with Crippen LogP contribution in [0.2, 0.25) is 0 Å². The maximum Gasteiger partial charge on any atom is 0.0468 e. The fraction of sp³-hybridized carbons (Fsp3) is 0.152. The van der Waals surface area contributed by atoms with E-state index in [1.807, 2.05) is 12.2 Å². The van der Waals surface area contributed by atoms with Crippen LogP contribution in [0.1, 0.15) is 110 Å². The average Bonchev–Trinajstić information content (AvgIpc) is 1.57. The van der Waals surface area contributed by atoms with Gasteiger partial charge in [0.1, 0.15) is 0 Å². The Bertz CT molecular complexity index is 4460. The molecular formula is C92H86N4. The molecule has 0 heterocycles. The molecule has 13 rings (SSSR count). The molecule has 0 bridgehead atoms. The van der Waals surface area contributed by atoms with E-state index < -0.39 is 0 Å². The van der Waals surface area contributed by atoms with Gasteiger partial charge in [0.25, 0.3) is 0 Å². The lowest BCUT2D eigenvalue weighted by molar-refractivity contribution is 0.661. The SMILES string of the molecule is C=Cc1cccc(N(c2ccc(-c3ccc(N(c4cccc(C)c4)c4ccc5c(c4)C(=C(CCCCC)CCCCC)c4cc(N(c6ccc(-c7ccc(N(c8cccc(C)c8)c8cccc(C=C)c8)cc7)cc6)c6cccc(C)c6)ccc4-5)cc3)cc2)c2cccc(C)c2)c1. The van der Waals surface area contributed by atoms with Gasteiger partial charge in [0, 0.05) is 68.2 Å². The van der Waals surface area contributed by atoms with Crippen molar-refractivity contribution < 1.29 is 0 Å². The van der Waals surface area contributed by atoms with Gasteiger partial charge in [-0.05, 0) is 282 Å². The van der Waals surface area contributed by atoms with Crippen LogP contribution in [0.25, 0.3) is 51.1 Å². The van der Waals surface area contributed by atoms with Gasteiger partial charge in [-0.15, -0.1) is 0 Å². The average molecular weight is 1250 g/mol. The number of aryl methyl sites for hydroxylation is 4. The standard InChI is InChI=1S/C92H86N4/c1-9-13-15-29-75(30-16-14-10-2)92-90-63-86(95(82-33-19-25-67(7)59-82)78-49-41-73(42-50-78)71-37-45-76(46-38-71)93(80-31-17-23-65(5)57-80)84-35-21-27-69(11-3)61-84)53-55-88(90)89-56-54-87(64-91(89)92)96(83-34-20-26-68(8)60-83)79-51-43-74(44-52-79)72-39-47-77(48-40-72)94(81-32-18-24-66(6)58-81)85-36-22-28-70(12-4)62-85/h11-12,17-28,31-64H,3-4,9-10,13-16,29-30H2,1-2,5-8H3. The van der Waals surface area contributed by atoms with E-state index in [-0.39, 0.29) is 0 Å². The summed E-state index contributed by atoms with van der Waals surface area (Å²) in [5, 5.41) is 0. The van der Waals surface area contributed by atoms with Crippen LogP contribution in [0.15, 0.2) is 298 Å². The number of rotatable bonds is 24. The van der Waals surface area contributed by atoms with E-state index in [0.29, 0.717) is 0 Å². The predicted molar refractivity (Wildman–Crippen MR) is 415 cm³/mol. The van der Waals surface area contributed by atoms with E-state index in [0.717, 1.165) is 114 Å². The second-order valence-corrected chi connectivity index (χ2v) is 25.8. The first-order valence-electron chi connectivity index (χ1n) is 34.4. The summed E-state index contributed by atoms with van der Waals surface area (Å²) in [4.78, 5) is 9.57. The topological polar surface area (TPSA) is 13.0 Å². The van der Waals surface area contributed by atoms with Crippen molar-refractivity contribution in [2.24, 2.45) is 0 Å². The first-order valence-corrected chi connectivity index (χ1v) is 34.4. The zero-order valence-corrected chi connectivity index (χ0v) is 56.6. The molecule has 4 heteroatoms. The van der Waals surface area contributed by atoms with Crippen molar-refractivity contribution in [3.63, 3.8) is 0 Å². The highest BCUT2D eigenvalue weighted by Crippen LogP contribution is 2.52. The Hall–Kier alpha value is -10.9.